The van der Waals surface area contributed by atoms with Crippen LogP contribution in [0.25, 0.3) is 0 Å². The van der Waals surface area contributed by atoms with Crippen molar-refractivity contribution in [1.82, 2.24) is 0 Å². The van der Waals surface area contributed by atoms with Gasteiger partial charge in [0.05, 0.1) is 29.4 Å². The predicted molar refractivity (Wildman–Crippen MR) is 98.5 cm³/mol. The first-order valence-corrected chi connectivity index (χ1v) is 8.44. The summed E-state index contributed by atoms with van der Waals surface area (Å²) in [4.78, 5) is 26.4. The van der Waals surface area contributed by atoms with Gasteiger partial charge in [-0.1, -0.05) is 35.3 Å². The number of carbonyl (C=O) groups excluding carboxylic acids is 2. The Kier molecular flexibility index (Phi) is 5.16. The Balaban J connectivity index is 1.76. The number of halogens is 2. The number of ether oxygens (including phenoxy) is 1. The van der Waals surface area contributed by atoms with Crippen LogP contribution in [-0.4, -0.2) is 25.5 Å². The lowest BCUT2D eigenvalue weighted by Gasteiger charge is -2.18. The number of benzene rings is 2. The van der Waals surface area contributed by atoms with Gasteiger partial charge in [0.1, 0.15) is 5.75 Å². The molecule has 1 aliphatic heterocycles. The van der Waals surface area contributed by atoms with Gasteiger partial charge in [0.2, 0.25) is 11.8 Å². The fourth-order valence-electron chi connectivity index (χ4n) is 2.79. The van der Waals surface area contributed by atoms with Gasteiger partial charge in [0.25, 0.3) is 0 Å². The van der Waals surface area contributed by atoms with E-state index in [1.165, 1.54) is 12.0 Å². The maximum absolute atomic E-state index is 12.6. The summed E-state index contributed by atoms with van der Waals surface area (Å²) in [5.74, 6) is -0.315. The molecule has 2 aromatic carbocycles. The molecule has 0 radical (unpaired) electrons. The molecule has 2 amide bonds. The number of nitrogens with zero attached hydrogens (tertiary/aromatic N) is 1. The molecular formula is C18H16Cl2N2O3. The summed E-state index contributed by atoms with van der Waals surface area (Å²) in [6.45, 7) is 0.250. The van der Waals surface area contributed by atoms with Crippen molar-refractivity contribution >= 4 is 46.4 Å². The highest BCUT2D eigenvalue weighted by molar-refractivity contribution is 6.36. The normalized spacial score (nSPS) is 16.8. The van der Waals surface area contributed by atoms with Gasteiger partial charge in [-0.25, -0.2) is 0 Å². The smallest absolute Gasteiger partial charge is 0.229 e. The second-order valence-corrected chi connectivity index (χ2v) is 6.53. The molecular weight excluding hydrogens is 363 g/mol. The van der Waals surface area contributed by atoms with Crippen LogP contribution < -0.4 is 15.0 Å². The first-order valence-electron chi connectivity index (χ1n) is 7.69. The summed E-state index contributed by atoms with van der Waals surface area (Å²) in [5.41, 5.74) is 1.09. The van der Waals surface area contributed by atoms with Gasteiger partial charge in [0.15, 0.2) is 0 Å². The third-order valence-electron chi connectivity index (χ3n) is 4.06. The molecule has 0 aliphatic carbocycles. The maximum atomic E-state index is 12.6. The summed E-state index contributed by atoms with van der Waals surface area (Å²) >= 11 is 12.2. The van der Waals surface area contributed by atoms with Crippen molar-refractivity contribution in [2.24, 2.45) is 5.92 Å². The first kappa shape index (κ1) is 17.6. The second kappa shape index (κ2) is 7.33. The standard InChI is InChI=1S/C18H16Cl2N2O3/c1-25-16-5-3-2-4-14(16)21-18(24)11-8-17(23)22(10-11)15-9-12(19)6-7-13(15)20/h2-7,9,11H,8,10H2,1H3,(H,21,24). The zero-order valence-corrected chi connectivity index (χ0v) is 15.0. The third kappa shape index (κ3) is 3.72. The van der Waals surface area contributed by atoms with Gasteiger partial charge < -0.3 is 15.0 Å². The average Bonchev–Trinajstić information content (AvgIpc) is 2.99. The van der Waals surface area contributed by atoms with Crippen molar-refractivity contribution < 1.29 is 14.3 Å². The summed E-state index contributed by atoms with van der Waals surface area (Å²) in [6, 6.07) is 12.0. The lowest BCUT2D eigenvalue weighted by molar-refractivity contribution is -0.122. The van der Waals surface area contributed by atoms with Crippen LogP contribution in [-0.2, 0) is 9.59 Å². The Hall–Kier alpha value is -2.24. The monoisotopic (exact) mass is 378 g/mol. The largest absolute Gasteiger partial charge is 0.495 e. The second-order valence-electron chi connectivity index (χ2n) is 5.69. The van der Waals surface area contributed by atoms with E-state index in [-0.39, 0.29) is 24.8 Å². The first-order chi connectivity index (χ1) is 12.0. The van der Waals surface area contributed by atoms with Gasteiger partial charge in [-0.3, -0.25) is 9.59 Å². The molecule has 0 aromatic heterocycles. The van der Waals surface area contributed by atoms with Gasteiger partial charge in [0, 0.05) is 18.0 Å². The maximum Gasteiger partial charge on any atom is 0.229 e. The molecule has 25 heavy (non-hydrogen) atoms. The highest BCUT2D eigenvalue weighted by Crippen LogP contribution is 2.34. The lowest BCUT2D eigenvalue weighted by Crippen LogP contribution is -2.28. The molecule has 7 heteroatoms. The fourth-order valence-corrected chi connectivity index (χ4v) is 3.18. The summed E-state index contributed by atoms with van der Waals surface area (Å²) < 4.78 is 5.23. The number of para-hydroxylation sites is 2. The molecule has 1 heterocycles. The van der Waals surface area contributed by atoms with Crippen LogP contribution in [0.1, 0.15) is 6.42 Å². The van der Waals surface area contributed by atoms with Crippen LogP contribution in [0.3, 0.4) is 0 Å². The molecule has 0 saturated carbocycles. The van der Waals surface area contributed by atoms with Crippen molar-refractivity contribution in [3.05, 3.63) is 52.5 Å². The Morgan fingerprint density at radius 1 is 1.24 bits per heavy atom. The van der Waals surface area contributed by atoms with E-state index < -0.39 is 5.92 Å². The van der Waals surface area contributed by atoms with Crippen molar-refractivity contribution in [3.8, 4) is 5.75 Å². The summed E-state index contributed by atoms with van der Waals surface area (Å²) in [7, 11) is 1.53. The zero-order chi connectivity index (χ0) is 18.0. The number of carbonyl (C=O) groups is 2. The minimum absolute atomic E-state index is 0.115. The van der Waals surface area contributed by atoms with E-state index in [4.69, 9.17) is 27.9 Å². The van der Waals surface area contributed by atoms with E-state index in [0.717, 1.165) is 0 Å². The molecule has 0 spiro atoms. The Morgan fingerprint density at radius 2 is 2.00 bits per heavy atom. The van der Waals surface area contributed by atoms with Crippen molar-refractivity contribution in [3.63, 3.8) is 0 Å². The van der Waals surface area contributed by atoms with E-state index in [9.17, 15) is 9.59 Å². The molecule has 2 aromatic rings. The lowest BCUT2D eigenvalue weighted by atomic mass is 10.1. The molecule has 1 fully saturated rings. The molecule has 1 atom stereocenters. The van der Waals surface area contributed by atoms with E-state index >= 15 is 0 Å². The fraction of sp³-hybridized carbons (Fsp3) is 0.222. The summed E-state index contributed by atoms with van der Waals surface area (Å²) in [5, 5.41) is 3.72. The van der Waals surface area contributed by atoms with Gasteiger partial charge in [-0.05, 0) is 30.3 Å². The third-order valence-corrected chi connectivity index (χ3v) is 4.61. The molecule has 1 saturated heterocycles. The number of hydrogen-bond acceptors (Lipinski definition) is 3. The van der Waals surface area contributed by atoms with Crippen molar-refractivity contribution in [2.45, 2.75) is 6.42 Å². The van der Waals surface area contributed by atoms with E-state index in [1.807, 2.05) is 6.07 Å². The number of hydrogen-bond donors (Lipinski definition) is 1. The Morgan fingerprint density at radius 3 is 2.76 bits per heavy atom. The van der Waals surface area contributed by atoms with Crippen LogP contribution in [0.15, 0.2) is 42.5 Å². The van der Waals surface area contributed by atoms with Crippen LogP contribution in [0.4, 0.5) is 11.4 Å². The predicted octanol–water partition coefficient (Wildman–Crippen LogP) is 3.99. The van der Waals surface area contributed by atoms with Crippen LogP contribution in [0.2, 0.25) is 10.0 Å². The van der Waals surface area contributed by atoms with Gasteiger partial charge >= 0.3 is 0 Å². The molecule has 130 valence electrons. The number of methoxy groups -OCH3 is 1. The highest BCUT2D eigenvalue weighted by Gasteiger charge is 2.36. The number of rotatable bonds is 4. The van der Waals surface area contributed by atoms with Crippen LogP contribution in [0.5, 0.6) is 5.75 Å². The quantitative estimate of drug-likeness (QED) is 0.874. The van der Waals surface area contributed by atoms with Crippen LogP contribution in [0, 0.1) is 5.92 Å². The Bertz CT molecular complexity index is 826. The molecule has 5 nitrogen and oxygen atoms in total. The minimum Gasteiger partial charge on any atom is -0.495 e. The highest BCUT2D eigenvalue weighted by atomic mass is 35.5. The van der Waals surface area contributed by atoms with Gasteiger partial charge in [-0.2, -0.15) is 0 Å². The van der Waals surface area contributed by atoms with Crippen molar-refractivity contribution in [2.75, 3.05) is 23.9 Å². The molecule has 1 N–H and O–H groups in total. The number of anilines is 2. The molecule has 3 rings (SSSR count). The average molecular weight is 379 g/mol. The molecule has 1 aliphatic rings. The summed E-state index contributed by atoms with van der Waals surface area (Å²) in [6.07, 6.45) is 0.115. The van der Waals surface area contributed by atoms with Crippen LogP contribution >= 0.6 is 23.2 Å². The minimum atomic E-state index is -0.479. The van der Waals surface area contributed by atoms with E-state index in [2.05, 4.69) is 5.32 Å². The zero-order valence-electron chi connectivity index (χ0n) is 13.5. The van der Waals surface area contributed by atoms with E-state index in [1.54, 1.807) is 36.4 Å². The molecule has 1 unspecified atom stereocenters. The van der Waals surface area contributed by atoms with E-state index in [0.29, 0.717) is 27.2 Å². The number of amides is 2. The topological polar surface area (TPSA) is 58.6 Å². The SMILES string of the molecule is COc1ccccc1NC(=O)C1CC(=O)N(c2cc(Cl)ccc2Cl)C1. The molecule has 0 bridgehead atoms. The number of nitrogens with one attached hydrogen (secondary N) is 1. The van der Waals surface area contributed by atoms with Crippen molar-refractivity contribution in [1.29, 1.82) is 0 Å². The van der Waals surface area contributed by atoms with Gasteiger partial charge in [-0.15, -0.1) is 0 Å². The Labute approximate surface area is 155 Å².